The van der Waals surface area contributed by atoms with Crippen LogP contribution in [-0.4, -0.2) is 5.33 Å². The molecule has 0 aromatic heterocycles. The molecule has 0 rings (SSSR count). The third-order valence-electron chi connectivity index (χ3n) is 0.896. The van der Waals surface area contributed by atoms with Crippen molar-refractivity contribution in [3.05, 3.63) is 22.8 Å². The van der Waals surface area contributed by atoms with Crippen molar-refractivity contribution in [3.63, 3.8) is 0 Å². The van der Waals surface area contributed by atoms with Gasteiger partial charge in [-0.15, -0.1) is 0 Å². The molecule has 0 saturated heterocycles. The summed E-state index contributed by atoms with van der Waals surface area (Å²) < 4.78 is 0.669. The monoisotopic (exact) mass is 267 g/mol. The lowest BCUT2D eigenvalue weighted by Gasteiger charge is -1.85. The van der Waals surface area contributed by atoms with Crippen LogP contribution in [0.1, 0.15) is 12.8 Å². The van der Waals surface area contributed by atoms with E-state index in [0.29, 0.717) is 4.61 Å². The van der Waals surface area contributed by atoms with Crippen molar-refractivity contribution in [1.82, 2.24) is 0 Å². The molecular formula is C7H11Br2N. The normalized spacial score (nSPS) is 12.8. The number of rotatable bonds is 4. The molecule has 10 heavy (non-hydrogen) atoms. The average Bonchev–Trinajstić information content (AvgIpc) is 1.87. The Kier molecular flexibility index (Phi) is 7.52. The molecule has 0 saturated carbocycles. The molecule has 0 aliphatic heterocycles. The van der Waals surface area contributed by atoms with E-state index < -0.39 is 0 Å². The van der Waals surface area contributed by atoms with Crippen molar-refractivity contribution in [2.45, 2.75) is 12.8 Å². The molecule has 0 heterocycles. The van der Waals surface area contributed by atoms with Gasteiger partial charge in [-0.05, 0) is 34.8 Å². The number of halogens is 2. The van der Waals surface area contributed by atoms with Gasteiger partial charge in [0.25, 0.3) is 0 Å². The van der Waals surface area contributed by atoms with E-state index in [-0.39, 0.29) is 0 Å². The van der Waals surface area contributed by atoms with Gasteiger partial charge in [-0.2, -0.15) is 0 Å². The maximum atomic E-state index is 5.32. The molecule has 0 spiro atoms. The molecule has 2 N–H and O–H groups in total. The molecule has 0 aliphatic carbocycles. The molecule has 0 fully saturated rings. The highest BCUT2D eigenvalue weighted by Crippen LogP contribution is 1.97. The van der Waals surface area contributed by atoms with E-state index in [1.165, 1.54) is 6.42 Å². The summed E-state index contributed by atoms with van der Waals surface area (Å²) in [6.07, 6.45) is 8.14. The van der Waals surface area contributed by atoms with Crippen molar-refractivity contribution in [2.75, 3.05) is 5.33 Å². The summed E-state index contributed by atoms with van der Waals surface area (Å²) in [7, 11) is 0. The van der Waals surface area contributed by atoms with Crippen LogP contribution < -0.4 is 5.73 Å². The molecule has 0 aliphatic rings. The van der Waals surface area contributed by atoms with Crippen molar-refractivity contribution in [3.8, 4) is 0 Å². The van der Waals surface area contributed by atoms with Crippen LogP contribution in [0.4, 0.5) is 0 Å². The molecule has 0 amide bonds. The number of hydrogen-bond acceptors (Lipinski definition) is 1. The highest BCUT2D eigenvalue weighted by atomic mass is 79.9. The van der Waals surface area contributed by atoms with E-state index in [4.69, 9.17) is 5.73 Å². The van der Waals surface area contributed by atoms with Crippen molar-refractivity contribution in [2.24, 2.45) is 5.73 Å². The van der Waals surface area contributed by atoms with E-state index in [0.717, 1.165) is 11.8 Å². The lowest BCUT2D eigenvalue weighted by atomic mass is 10.3. The van der Waals surface area contributed by atoms with Crippen LogP contribution in [0.25, 0.3) is 0 Å². The van der Waals surface area contributed by atoms with E-state index in [2.05, 4.69) is 37.9 Å². The van der Waals surface area contributed by atoms with Gasteiger partial charge in [0.05, 0.1) is 4.61 Å². The minimum Gasteiger partial charge on any atom is -0.393 e. The van der Waals surface area contributed by atoms with E-state index >= 15 is 0 Å². The van der Waals surface area contributed by atoms with E-state index in [1.807, 2.05) is 12.2 Å². The predicted molar refractivity (Wildman–Crippen MR) is 53.4 cm³/mol. The van der Waals surface area contributed by atoms with E-state index in [1.54, 1.807) is 0 Å². The second kappa shape index (κ2) is 7.35. The van der Waals surface area contributed by atoms with E-state index in [9.17, 15) is 0 Å². The van der Waals surface area contributed by atoms with Crippen molar-refractivity contribution in [1.29, 1.82) is 0 Å². The minimum atomic E-state index is 0.669. The van der Waals surface area contributed by atoms with Gasteiger partial charge in [-0.1, -0.05) is 28.1 Å². The Morgan fingerprint density at radius 1 is 1.50 bits per heavy atom. The Labute approximate surface area is 78.6 Å². The minimum absolute atomic E-state index is 0.669. The predicted octanol–water partition coefficient (Wildman–Crippen LogP) is 2.91. The molecule has 0 aromatic carbocycles. The first-order valence-corrected chi connectivity index (χ1v) is 5.02. The molecule has 58 valence electrons. The fraction of sp³-hybridized carbons (Fsp3) is 0.429. The Hall–Kier alpha value is 0.240. The molecule has 1 nitrogen and oxygen atoms in total. The highest BCUT2D eigenvalue weighted by molar-refractivity contribution is 9.11. The number of nitrogens with two attached hydrogens (primary N) is 1. The molecule has 0 radical (unpaired) electrons. The summed E-state index contributed by atoms with van der Waals surface area (Å²) in [6, 6.07) is 0. The average molecular weight is 269 g/mol. The first kappa shape index (κ1) is 10.2. The van der Waals surface area contributed by atoms with Gasteiger partial charge in [0.15, 0.2) is 0 Å². The zero-order chi connectivity index (χ0) is 7.82. The number of alkyl halides is 1. The van der Waals surface area contributed by atoms with Crippen molar-refractivity contribution < 1.29 is 0 Å². The number of unbranched alkanes of at least 4 members (excludes halogenated alkanes) is 1. The smallest absolute Gasteiger partial charge is 0.0753 e. The second-order valence-electron chi connectivity index (χ2n) is 1.81. The molecule has 0 bridgehead atoms. The summed E-state index contributed by atoms with van der Waals surface area (Å²) in [6.45, 7) is 0. The topological polar surface area (TPSA) is 26.0 Å². The van der Waals surface area contributed by atoms with Crippen LogP contribution in [0.5, 0.6) is 0 Å². The summed E-state index contributed by atoms with van der Waals surface area (Å²) in [5.74, 6) is 0. The lowest BCUT2D eigenvalue weighted by Crippen LogP contribution is -1.83. The van der Waals surface area contributed by atoms with Crippen molar-refractivity contribution >= 4 is 31.9 Å². The molecule has 0 atom stereocenters. The van der Waals surface area contributed by atoms with Crippen LogP contribution >= 0.6 is 31.9 Å². The molecule has 0 unspecified atom stereocenters. The Morgan fingerprint density at radius 2 is 2.20 bits per heavy atom. The molecule has 3 heteroatoms. The van der Waals surface area contributed by atoms with Gasteiger partial charge in [0, 0.05) is 5.33 Å². The molecule has 0 aromatic rings. The van der Waals surface area contributed by atoms with Gasteiger partial charge >= 0.3 is 0 Å². The maximum Gasteiger partial charge on any atom is 0.0753 e. The van der Waals surface area contributed by atoms with Gasteiger partial charge < -0.3 is 5.73 Å². The fourth-order valence-corrected chi connectivity index (χ4v) is 0.928. The standard InChI is InChI=1S/C7H11Br2N/c8-6-4-2-1-3-5-7(9)10/h1,3,5H,2,4,6,10H2/b3-1-,7-5-. The van der Waals surface area contributed by atoms with Gasteiger partial charge in [-0.3, -0.25) is 0 Å². The fourth-order valence-electron chi connectivity index (χ4n) is 0.451. The van der Waals surface area contributed by atoms with Crippen LogP contribution in [0.15, 0.2) is 22.8 Å². The first-order chi connectivity index (χ1) is 4.77. The maximum absolute atomic E-state index is 5.32. The number of allylic oxidation sites excluding steroid dienone is 3. The third kappa shape index (κ3) is 8.24. The summed E-state index contributed by atoms with van der Waals surface area (Å²) in [4.78, 5) is 0. The zero-order valence-corrected chi connectivity index (χ0v) is 8.86. The second-order valence-corrected chi connectivity index (χ2v) is 3.52. The highest BCUT2D eigenvalue weighted by Gasteiger charge is 1.77. The Bertz CT molecular complexity index is 126. The summed E-state index contributed by atoms with van der Waals surface area (Å²) >= 11 is 6.47. The van der Waals surface area contributed by atoms with Gasteiger partial charge in [0.1, 0.15) is 0 Å². The van der Waals surface area contributed by atoms with Crippen LogP contribution in [-0.2, 0) is 0 Å². The van der Waals surface area contributed by atoms with Crippen LogP contribution in [0, 0.1) is 0 Å². The number of hydrogen-bond donors (Lipinski definition) is 1. The zero-order valence-electron chi connectivity index (χ0n) is 5.69. The van der Waals surface area contributed by atoms with Gasteiger partial charge in [-0.25, -0.2) is 0 Å². The largest absolute Gasteiger partial charge is 0.393 e. The SMILES string of the molecule is N/C(Br)=C\C=C/CCCBr. The van der Waals surface area contributed by atoms with Gasteiger partial charge in [0.2, 0.25) is 0 Å². The summed E-state index contributed by atoms with van der Waals surface area (Å²) in [5.41, 5.74) is 5.32. The first-order valence-electron chi connectivity index (χ1n) is 3.11. The third-order valence-corrected chi connectivity index (χ3v) is 1.72. The Morgan fingerprint density at radius 3 is 2.70 bits per heavy atom. The summed E-state index contributed by atoms with van der Waals surface area (Å²) in [5, 5.41) is 1.06. The van der Waals surface area contributed by atoms with Crippen LogP contribution in [0.2, 0.25) is 0 Å². The lowest BCUT2D eigenvalue weighted by molar-refractivity contribution is 0.979. The van der Waals surface area contributed by atoms with Crippen LogP contribution in [0.3, 0.4) is 0 Å². The quantitative estimate of drug-likeness (QED) is 0.361. The Balaban J connectivity index is 3.29. The molecular weight excluding hydrogens is 258 g/mol.